The molecule has 0 aliphatic heterocycles. The molecule has 1 aliphatic carbocycles. The highest BCUT2D eigenvalue weighted by atomic mass is 32.1. The normalized spacial score (nSPS) is 12.5. The van der Waals surface area contributed by atoms with Gasteiger partial charge in [-0.05, 0) is 67.6 Å². The van der Waals surface area contributed by atoms with Gasteiger partial charge < -0.3 is 16.4 Å². The highest BCUT2D eigenvalue weighted by Crippen LogP contribution is 2.45. The predicted molar refractivity (Wildman–Crippen MR) is 128 cm³/mol. The Morgan fingerprint density at radius 2 is 1.88 bits per heavy atom. The van der Waals surface area contributed by atoms with Gasteiger partial charge in [0.25, 0.3) is 5.91 Å². The zero-order chi connectivity index (χ0) is 23.0. The van der Waals surface area contributed by atoms with Gasteiger partial charge in [-0.25, -0.2) is 0 Å². The summed E-state index contributed by atoms with van der Waals surface area (Å²) in [6, 6.07) is 12.9. The van der Waals surface area contributed by atoms with Crippen molar-refractivity contribution in [2.24, 2.45) is 5.73 Å². The van der Waals surface area contributed by atoms with Crippen molar-refractivity contribution < 1.29 is 14.4 Å². The second-order valence-corrected chi connectivity index (χ2v) is 9.68. The van der Waals surface area contributed by atoms with Gasteiger partial charge in [-0.15, -0.1) is 11.3 Å². The first-order chi connectivity index (χ1) is 15.2. The maximum absolute atomic E-state index is 13.0. The van der Waals surface area contributed by atoms with E-state index in [2.05, 4.69) is 10.6 Å². The molecule has 3 aromatic rings. The standard InChI is InChI=1S/C25H25N3O3S/c1-14(30)27-18-8-9-19-15(12-18)7-10-21-22(19)20(13-29)24(32-21)28-23(31)16-5-4-6-17(11-16)25(2,3)26/h4-6,8-9,11-13H,7,10,26H2,1-3H3,(H,27,30)(H,28,31). The Bertz CT molecular complexity index is 1240. The molecule has 4 rings (SSSR count). The molecule has 4 N–H and O–H groups in total. The van der Waals surface area contributed by atoms with Gasteiger partial charge in [0.05, 0.1) is 5.56 Å². The Hall–Kier alpha value is -3.29. The number of hydrogen-bond donors (Lipinski definition) is 3. The van der Waals surface area contributed by atoms with Gasteiger partial charge in [-0.3, -0.25) is 14.4 Å². The Labute approximate surface area is 190 Å². The van der Waals surface area contributed by atoms with E-state index < -0.39 is 5.54 Å². The number of rotatable bonds is 5. The van der Waals surface area contributed by atoms with Crippen LogP contribution in [0.3, 0.4) is 0 Å². The number of hydrogen-bond acceptors (Lipinski definition) is 5. The van der Waals surface area contributed by atoms with E-state index in [0.29, 0.717) is 16.1 Å². The van der Waals surface area contributed by atoms with E-state index in [9.17, 15) is 14.4 Å². The quantitative estimate of drug-likeness (QED) is 0.492. The summed E-state index contributed by atoms with van der Waals surface area (Å²) in [4.78, 5) is 37.5. The maximum Gasteiger partial charge on any atom is 0.256 e. The van der Waals surface area contributed by atoms with E-state index >= 15 is 0 Å². The van der Waals surface area contributed by atoms with E-state index in [1.165, 1.54) is 18.3 Å². The first-order valence-electron chi connectivity index (χ1n) is 10.4. The molecule has 0 atom stereocenters. The van der Waals surface area contributed by atoms with Crippen LogP contribution >= 0.6 is 11.3 Å². The third-order valence-corrected chi connectivity index (χ3v) is 6.73. The monoisotopic (exact) mass is 447 g/mol. The summed E-state index contributed by atoms with van der Waals surface area (Å²) < 4.78 is 0. The number of carbonyl (C=O) groups is 3. The fourth-order valence-electron chi connectivity index (χ4n) is 3.98. The van der Waals surface area contributed by atoms with Crippen LogP contribution in [0.5, 0.6) is 0 Å². The van der Waals surface area contributed by atoms with Crippen LogP contribution in [0.15, 0.2) is 42.5 Å². The molecular weight excluding hydrogens is 422 g/mol. The second-order valence-electron chi connectivity index (χ2n) is 8.57. The highest BCUT2D eigenvalue weighted by Gasteiger charge is 2.26. The number of aldehydes is 1. The number of fused-ring (bicyclic) bond motifs is 3. The lowest BCUT2D eigenvalue weighted by Crippen LogP contribution is -2.29. The van der Waals surface area contributed by atoms with Crippen LogP contribution in [-0.2, 0) is 23.2 Å². The fourth-order valence-corrected chi connectivity index (χ4v) is 5.16. The molecule has 1 heterocycles. The first-order valence-corrected chi connectivity index (χ1v) is 11.2. The van der Waals surface area contributed by atoms with Crippen molar-refractivity contribution in [1.29, 1.82) is 0 Å². The largest absolute Gasteiger partial charge is 0.326 e. The molecule has 0 fully saturated rings. The summed E-state index contributed by atoms with van der Waals surface area (Å²) >= 11 is 1.44. The van der Waals surface area contributed by atoms with Crippen molar-refractivity contribution in [3.05, 3.63) is 69.6 Å². The van der Waals surface area contributed by atoms with Crippen LogP contribution in [0.1, 0.15) is 57.5 Å². The molecular formula is C25H25N3O3S. The van der Waals surface area contributed by atoms with Gasteiger partial charge in [0.15, 0.2) is 6.29 Å². The molecule has 7 heteroatoms. The molecule has 0 bridgehead atoms. The van der Waals surface area contributed by atoms with Crippen molar-refractivity contribution in [2.45, 2.75) is 39.2 Å². The molecule has 0 unspecified atom stereocenters. The predicted octanol–water partition coefficient (Wildman–Crippen LogP) is 4.73. The summed E-state index contributed by atoms with van der Waals surface area (Å²) in [6.45, 7) is 5.24. The number of thiophene rings is 1. The van der Waals surface area contributed by atoms with Crippen LogP contribution in [-0.4, -0.2) is 18.1 Å². The molecule has 2 aromatic carbocycles. The molecule has 0 saturated carbocycles. The van der Waals surface area contributed by atoms with Crippen LogP contribution in [0.4, 0.5) is 10.7 Å². The fraction of sp³-hybridized carbons (Fsp3) is 0.240. The molecule has 0 spiro atoms. The number of aryl methyl sites for hydroxylation is 2. The van der Waals surface area contributed by atoms with Crippen molar-refractivity contribution in [2.75, 3.05) is 10.6 Å². The van der Waals surface area contributed by atoms with Crippen molar-refractivity contribution >= 4 is 40.1 Å². The molecule has 32 heavy (non-hydrogen) atoms. The zero-order valence-electron chi connectivity index (χ0n) is 18.2. The highest BCUT2D eigenvalue weighted by molar-refractivity contribution is 7.17. The second kappa shape index (κ2) is 8.33. The lowest BCUT2D eigenvalue weighted by Gasteiger charge is -2.19. The van der Waals surface area contributed by atoms with E-state index in [-0.39, 0.29) is 11.8 Å². The summed E-state index contributed by atoms with van der Waals surface area (Å²) in [6.07, 6.45) is 2.38. The topological polar surface area (TPSA) is 101 Å². The van der Waals surface area contributed by atoms with E-state index in [4.69, 9.17) is 5.73 Å². The minimum absolute atomic E-state index is 0.127. The van der Waals surface area contributed by atoms with E-state index in [1.807, 2.05) is 44.2 Å². The van der Waals surface area contributed by atoms with Crippen molar-refractivity contribution in [1.82, 2.24) is 0 Å². The number of nitrogens with two attached hydrogens (primary N) is 1. The van der Waals surface area contributed by atoms with Gasteiger partial charge in [0.1, 0.15) is 5.00 Å². The summed E-state index contributed by atoms with van der Waals surface area (Å²) in [7, 11) is 0. The van der Waals surface area contributed by atoms with Crippen LogP contribution in [0.2, 0.25) is 0 Å². The van der Waals surface area contributed by atoms with Crippen LogP contribution < -0.4 is 16.4 Å². The van der Waals surface area contributed by atoms with Crippen LogP contribution in [0, 0.1) is 0 Å². The Balaban J connectivity index is 1.68. The Morgan fingerprint density at radius 3 is 2.56 bits per heavy atom. The zero-order valence-corrected chi connectivity index (χ0v) is 19.1. The smallest absolute Gasteiger partial charge is 0.256 e. The molecule has 0 radical (unpaired) electrons. The lowest BCUT2D eigenvalue weighted by atomic mass is 9.88. The number of anilines is 2. The van der Waals surface area contributed by atoms with Gasteiger partial charge in [-0.2, -0.15) is 0 Å². The van der Waals surface area contributed by atoms with Gasteiger partial charge in [0, 0.05) is 34.2 Å². The third kappa shape index (κ3) is 4.22. The molecule has 6 nitrogen and oxygen atoms in total. The van der Waals surface area contributed by atoms with Crippen molar-refractivity contribution in [3.63, 3.8) is 0 Å². The Kier molecular flexibility index (Phi) is 5.71. The third-order valence-electron chi connectivity index (χ3n) is 5.55. The lowest BCUT2D eigenvalue weighted by molar-refractivity contribution is -0.114. The molecule has 2 amide bonds. The van der Waals surface area contributed by atoms with Gasteiger partial charge in [-0.1, -0.05) is 18.2 Å². The van der Waals surface area contributed by atoms with Crippen molar-refractivity contribution in [3.8, 4) is 11.1 Å². The van der Waals surface area contributed by atoms with Gasteiger partial charge in [0.2, 0.25) is 5.91 Å². The minimum Gasteiger partial charge on any atom is -0.326 e. The number of amides is 2. The SMILES string of the molecule is CC(=O)Nc1ccc2c(c1)CCc1sc(NC(=O)c3cccc(C(C)(C)N)c3)c(C=O)c1-2. The summed E-state index contributed by atoms with van der Waals surface area (Å²) in [5, 5.41) is 6.28. The van der Waals surface area contributed by atoms with Crippen LogP contribution in [0.25, 0.3) is 11.1 Å². The molecule has 164 valence electrons. The van der Waals surface area contributed by atoms with Gasteiger partial charge >= 0.3 is 0 Å². The summed E-state index contributed by atoms with van der Waals surface area (Å²) in [5.74, 6) is -0.406. The van der Waals surface area contributed by atoms with E-state index in [1.54, 1.807) is 12.1 Å². The minimum atomic E-state index is -0.563. The molecule has 1 aliphatic rings. The maximum atomic E-state index is 13.0. The number of benzene rings is 2. The Morgan fingerprint density at radius 1 is 1.09 bits per heavy atom. The number of nitrogens with one attached hydrogen (secondary N) is 2. The van der Waals surface area contributed by atoms with E-state index in [0.717, 1.165) is 51.9 Å². The molecule has 0 saturated heterocycles. The average Bonchev–Trinajstić information content (AvgIpc) is 3.10. The summed E-state index contributed by atoms with van der Waals surface area (Å²) in [5.41, 5.74) is 11.1. The first kappa shape index (κ1) is 21.9. The average molecular weight is 448 g/mol. The molecule has 1 aromatic heterocycles. The number of carbonyl (C=O) groups excluding carboxylic acids is 3.